The molecule has 12 nitrogen and oxygen atoms in total. The van der Waals surface area contributed by atoms with E-state index in [1.807, 2.05) is 0 Å². The van der Waals surface area contributed by atoms with Crippen LogP contribution in [0.5, 0.6) is 0 Å². The zero-order chi connectivity index (χ0) is 32.9. The van der Waals surface area contributed by atoms with Crippen molar-refractivity contribution in [3.63, 3.8) is 0 Å². The summed E-state index contributed by atoms with van der Waals surface area (Å²) in [6, 6.07) is 15.4. The van der Waals surface area contributed by atoms with Gasteiger partial charge in [0.25, 0.3) is 0 Å². The maximum Gasteiger partial charge on any atom is 0.343 e. The Kier molecular flexibility index (Phi) is 7.43. The van der Waals surface area contributed by atoms with Crippen molar-refractivity contribution in [2.45, 2.75) is 20.3 Å². The van der Waals surface area contributed by atoms with E-state index in [0.717, 1.165) is 28.4 Å². The van der Waals surface area contributed by atoms with E-state index in [-0.39, 0.29) is 17.5 Å². The quantitative estimate of drug-likeness (QED) is 0.299. The Hall–Kier alpha value is -5.26. The molecule has 12 heteroatoms. The van der Waals surface area contributed by atoms with E-state index in [1.54, 1.807) is 43.3 Å². The van der Waals surface area contributed by atoms with E-state index in [0.29, 0.717) is 0 Å². The minimum Gasteiger partial charge on any atom is -0.468 e. The lowest BCUT2D eigenvalue weighted by Crippen LogP contribution is -2.39. The lowest BCUT2D eigenvalue weighted by Gasteiger charge is -2.35. The van der Waals surface area contributed by atoms with Crippen LogP contribution in [-0.4, -0.2) is 64.3 Å². The predicted octanol–water partition coefficient (Wildman–Crippen LogP) is 3.32. The molecule has 1 fully saturated rings. The standard InChI is InChI=1S/C33H30O12/c1-7-31-20(26(36)40-3)22(44-24(34)18-14-10-8-11-15-18)32(28(38)42-5)30(31,2)33(32,29(39)43-6)23(21(31)27(37)41-4)45-25(35)19-16-12-9-13-17-19/h8-17H,7H2,1-6H3. The van der Waals surface area contributed by atoms with Crippen molar-refractivity contribution in [2.24, 2.45) is 21.7 Å². The summed E-state index contributed by atoms with van der Waals surface area (Å²) in [6.45, 7) is 3.03. The first-order valence-corrected chi connectivity index (χ1v) is 13.9. The zero-order valence-electron chi connectivity index (χ0n) is 25.4. The van der Waals surface area contributed by atoms with Crippen LogP contribution >= 0.6 is 0 Å². The summed E-state index contributed by atoms with van der Waals surface area (Å²) in [4.78, 5) is 83.2. The summed E-state index contributed by atoms with van der Waals surface area (Å²) in [5, 5.41) is 0. The van der Waals surface area contributed by atoms with Gasteiger partial charge in [-0.25, -0.2) is 19.2 Å². The molecule has 0 heterocycles. The number of fused-ring (bicyclic) bond motifs is 1. The number of hydrogen-bond donors (Lipinski definition) is 0. The van der Waals surface area contributed by atoms with Gasteiger partial charge in [0, 0.05) is 10.8 Å². The lowest BCUT2D eigenvalue weighted by molar-refractivity contribution is -0.157. The van der Waals surface area contributed by atoms with E-state index < -0.39 is 80.1 Å². The minimum atomic E-state index is -2.34. The number of benzene rings is 2. The number of carbonyl (C=O) groups excluding carboxylic acids is 6. The van der Waals surface area contributed by atoms with Gasteiger partial charge in [-0.3, -0.25) is 9.59 Å². The van der Waals surface area contributed by atoms with Crippen molar-refractivity contribution in [1.82, 2.24) is 0 Å². The second-order valence-corrected chi connectivity index (χ2v) is 10.8. The maximum atomic E-state index is 14.2. The number of methoxy groups -OCH3 is 4. The molecule has 2 unspecified atom stereocenters. The molecular formula is C33H30O12. The molecule has 0 aromatic heterocycles. The van der Waals surface area contributed by atoms with Crippen LogP contribution in [0.3, 0.4) is 0 Å². The smallest absolute Gasteiger partial charge is 0.343 e. The van der Waals surface area contributed by atoms with Crippen LogP contribution in [0.15, 0.2) is 83.3 Å². The van der Waals surface area contributed by atoms with E-state index in [1.165, 1.54) is 31.2 Å². The molecule has 0 aliphatic heterocycles. The third-order valence-corrected chi connectivity index (χ3v) is 9.54. The van der Waals surface area contributed by atoms with E-state index >= 15 is 0 Å². The van der Waals surface area contributed by atoms with Gasteiger partial charge in [0.1, 0.15) is 11.5 Å². The monoisotopic (exact) mass is 618 g/mol. The highest BCUT2D eigenvalue weighted by atomic mass is 16.6. The maximum absolute atomic E-state index is 14.2. The van der Waals surface area contributed by atoms with Crippen molar-refractivity contribution < 1.29 is 57.2 Å². The second kappa shape index (κ2) is 10.7. The predicted molar refractivity (Wildman–Crippen MR) is 152 cm³/mol. The van der Waals surface area contributed by atoms with Gasteiger partial charge in [0.2, 0.25) is 0 Å². The molecule has 0 bridgehead atoms. The van der Waals surface area contributed by atoms with Crippen molar-refractivity contribution in [3.8, 4) is 0 Å². The molecule has 2 aromatic carbocycles. The van der Waals surface area contributed by atoms with Crippen molar-refractivity contribution >= 4 is 35.8 Å². The summed E-state index contributed by atoms with van der Waals surface area (Å²) in [5.41, 5.74) is -9.21. The number of hydrogen-bond acceptors (Lipinski definition) is 12. The fraction of sp³-hybridized carbons (Fsp3) is 0.333. The third kappa shape index (κ3) is 3.42. The van der Waals surface area contributed by atoms with Gasteiger partial charge in [-0.1, -0.05) is 50.2 Å². The molecule has 0 radical (unpaired) electrons. The third-order valence-electron chi connectivity index (χ3n) is 9.54. The van der Waals surface area contributed by atoms with E-state index in [2.05, 4.69) is 0 Å². The normalized spacial score (nSPS) is 27.2. The molecule has 3 aliphatic rings. The molecule has 2 aromatic rings. The Labute approximate surface area is 257 Å². The number of ether oxygens (including phenoxy) is 6. The van der Waals surface area contributed by atoms with Crippen molar-refractivity contribution in [2.75, 3.05) is 28.4 Å². The van der Waals surface area contributed by atoms with Crippen molar-refractivity contribution in [1.29, 1.82) is 0 Å². The van der Waals surface area contributed by atoms with Gasteiger partial charge in [-0.15, -0.1) is 0 Å². The van der Waals surface area contributed by atoms with Crippen LogP contribution in [0.2, 0.25) is 0 Å². The highest BCUT2D eigenvalue weighted by Crippen LogP contribution is 2.99. The Balaban J connectivity index is 1.92. The highest BCUT2D eigenvalue weighted by molar-refractivity contribution is 6.15. The van der Waals surface area contributed by atoms with Gasteiger partial charge < -0.3 is 28.4 Å². The molecule has 45 heavy (non-hydrogen) atoms. The molecule has 0 spiro atoms. The molecule has 5 rings (SSSR count). The fourth-order valence-corrected chi connectivity index (χ4v) is 7.90. The van der Waals surface area contributed by atoms with Crippen LogP contribution in [0.1, 0.15) is 41.0 Å². The van der Waals surface area contributed by atoms with Gasteiger partial charge in [-0.2, -0.15) is 0 Å². The first kappa shape index (κ1) is 31.2. The van der Waals surface area contributed by atoms with E-state index in [9.17, 15) is 28.8 Å². The Bertz CT molecular complexity index is 1590. The number of carbonyl (C=O) groups is 6. The second-order valence-electron chi connectivity index (χ2n) is 10.8. The van der Waals surface area contributed by atoms with Gasteiger partial charge in [-0.05, 0) is 30.7 Å². The fourth-order valence-electron chi connectivity index (χ4n) is 7.90. The average Bonchev–Trinajstić information content (AvgIpc) is 3.47. The first-order valence-electron chi connectivity index (χ1n) is 13.9. The molecule has 3 aliphatic carbocycles. The van der Waals surface area contributed by atoms with Crippen LogP contribution in [0.4, 0.5) is 0 Å². The van der Waals surface area contributed by atoms with Crippen LogP contribution in [-0.2, 0) is 47.6 Å². The molecule has 0 N–H and O–H groups in total. The molecule has 2 atom stereocenters. The first-order chi connectivity index (χ1) is 21.5. The van der Waals surface area contributed by atoms with E-state index in [4.69, 9.17) is 28.4 Å². The summed E-state index contributed by atoms with van der Waals surface area (Å²) in [6.07, 6.45) is -0.158. The highest BCUT2D eigenvalue weighted by Gasteiger charge is 3.08. The van der Waals surface area contributed by atoms with Crippen molar-refractivity contribution in [3.05, 3.63) is 94.5 Å². The summed E-state index contributed by atoms with van der Waals surface area (Å²) >= 11 is 0. The van der Waals surface area contributed by atoms with Gasteiger partial charge >= 0.3 is 35.8 Å². The topological polar surface area (TPSA) is 158 Å². The SMILES string of the molecule is CCC12C(C(=O)OC)=C(OC(=O)c3ccccc3)C3(C(=O)OC)C(C(=O)OC)(C(OC(=O)c4ccccc4)=C1C(=O)OC)C23C. The summed E-state index contributed by atoms with van der Waals surface area (Å²) < 4.78 is 32.6. The molecule has 234 valence electrons. The summed E-state index contributed by atoms with van der Waals surface area (Å²) in [5.74, 6) is -7.51. The zero-order valence-corrected chi connectivity index (χ0v) is 25.4. The van der Waals surface area contributed by atoms with Crippen LogP contribution in [0.25, 0.3) is 0 Å². The van der Waals surface area contributed by atoms with Gasteiger partial charge in [0.15, 0.2) is 10.8 Å². The summed E-state index contributed by atoms with van der Waals surface area (Å²) in [7, 11) is 4.21. The molecule has 1 saturated carbocycles. The average molecular weight is 619 g/mol. The molecular weight excluding hydrogens is 588 g/mol. The molecule has 0 saturated heterocycles. The Morgan fingerprint density at radius 1 is 0.556 bits per heavy atom. The Morgan fingerprint density at radius 2 is 0.911 bits per heavy atom. The number of esters is 6. The lowest BCUT2D eigenvalue weighted by atomic mass is 9.64. The Morgan fingerprint density at radius 3 is 1.20 bits per heavy atom. The molecule has 0 amide bonds. The van der Waals surface area contributed by atoms with Crippen LogP contribution < -0.4 is 0 Å². The van der Waals surface area contributed by atoms with Gasteiger partial charge in [0.05, 0.1) is 50.7 Å². The van der Waals surface area contributed by atoms with Crippen LogP contribution in [0, 0.1) is 21.7 Å². The number of rotatable bonds is 9. The minimum absolute atomic E-state index is 0.0466. The largest absolute Gasteiger partial charge is 0.468 e.